The first-order chi connectivity index (χ1) is 11.5. The number of rotatable bonds is 5. The van der Waals surface area contributed by atoms with Gasteiger partial charge in [-0.3, -0.25) is 14.9 Å². The molecular weight excluding hydrogens is 332 g/mol. The summed E-state index contributed by atoms with van der Waals surface area (Å²) in [7, 11) is 0. The van der Waals surface area contributed by atoms with Crippen LogP contribution in [0.1, 0.15) is 34.6 Å². The predicted molar refractivity (Wildman–Crippen MR) is 89.8 cm³/mol. The monoisotopic (exact) mass is 358 g/mol. The van der Waals surface area contributed by atoms with Crippen LogP contribution in [0, 0.1) is 16.0 Å². The average Bonchev–Trinajstić information content (AvgIpc) is 2.52. The lowest BCUT2D eigenvalue weighted by molar-refractivity contribution is -0.521. The number of nitrogens with one attached hydrogen (secondary N) is 1. The number of carbonyl (C=O) groups excluding carboxylic acids is 2. The van der Waals surface area contributed by atoms with Crippen molar-refractivity contribution in [3.63, 3.8) is 0 Å². The van der Waals surface area contributed by atoms with Gasteiger partial charge in [0.2, 0.25) is 11.9 Å². The van der Waals surface area contributed by atoms with Crippen LogP contribution >= 0.6 is 0 Å². The number of nitrogens with zero attached hydrogens (tertiary/aromatic N) is 3. The molecule has 10 heteroatoms. The third kappa shape index (κ3) is 6.65. The van der Waals surface area contributed by atoms with Gasteiger partial charge >= 0.3 is 6.09 Å². The second-order valence-electron chi connectivity index (χ2n) is 6.81. The lowest BCUT2D eigenvalue weighted by atomic mass is 9.95. The molecule has 1 heterocycles. The highest BCUT2D eigenvalue weighted by Gasteiger charge is 2.39. The van der Waals surface area contributed by atoms with Gasteiger partial charge in [0, 0.05) is 24.9 Å². The van der Waals surface area contributed by atoms with E-state index in [0.29, 0.717) is 26.3 Å². The number of carbonyl (C=O) groups is 2. The highest BCUT2D eigenvalue weighted by Crippen LogP contribution is 2.15. The predicted octanol–water partition coefficient (Wildman–Crippen LogP) is 1.03. The molecule has 0 bridgehead atoms. The molecule has 10 nitrogen and oxygen atoms in total. The molecule has 1 fully saturated rings. The third-order valence-corrected chi connectivity index (χ3v) is 3.58. The summed E-state index contributed by atoms with van der Waals surface area (Å²) in [5, 5.41) is 15.0. The molecular formula is C15H26N4O6. The summed E-state index contributed by atoms with van der Waals surface area (Å²) in [6.45, 7) is 9.42. The maximum Gasteiger partial charge on any atom is 0.428 e. The minimum atomic E-state index is -1.18. The van der Waals surface area contributed by atoms with Crippen molar-refractivity contribution < 1.29 is 24.0 Å². The van der Waals surface area contributed by atoms with Crippen LogP contribution < -0.4 is 5.43 Å². The molecule has 2 amide bonds. The van der Waals surface area contributed by atoms with E-state index >= 15 is 0 Å². The zero-order chi connectivity index (χ0) is 19.2. The number of morpholine rings is 1. The molecule has 2 atom stereocenters. The molecule has 1 aliphatic rings. The summed E-state index contributed by atoms with van der Waals surface area (Å²) in [5.74, 6) is -1.48. The molecule has 0 aromatic rings. The summed E-state index contributed by atoms with van der Waals surface area (Å²) >= 11 is 0. The summed E-state index contributed by atoms with van der Waals surface area (Å²) in [5.41, 5.74) is 1.62. The highest BCUT2D eigenvalue weighted by atomic mass is 16.6. The topological polar surface area (TPSA) is 123 Å². The fourth-order valence-corrected chi connectivity index (χ4v) is 2.34. The molecule has 0 aromatic carbocycles. The van der Waals surface area contributed by atoms with Gasteiger partial charge in [0.1, 0.15) is 11.5 Å². The van der Waals surface area contributed by atoms with Crippen molar-refractivity contribution in [3.8, 4) is 0 Å². The van der Waals surface area contributed by atoms with Crippen molar-refractivity contribution in [1.29, 1.82) is 0 Å². The van der Waals surface area contributed by atoms with Crippen LogP contribution in [0.5, 0.6) is 0 Å². The smallest absolute Gasteiger partial charge is 0.428 e. The molecule has 0 radical (unpaired) electrons. The average molecular weight is 358 g/mol. The second-order valence-corrected chi connectivity index (χ2v) is 6.81. The van der Waals surface area contributed by atoms with Crippen LogP contribution in [0.2, 0.25) is 0 Å². The summed E-state index contributed by atoms with van der Waals surface area (Å²) in [6.07, 6.45) is -0.793. The van der Waals surface area contributed by atoms with Crippen molar-refractivity contribution in [2.24, 2.45) is 11.0 Å². The van der Waals surface area contributed by atoms with E-state index in [2.05, 4.69) is 10.5 Å². The third-order valence-electron chi connectivity index (χ3n) is 3.58. The molecule has 1 aliphatic heterocycles. The maximum atomic E-state index is 12.7. The number of hydrogen-bond acceptors (Lipinski definition) is 7. The Morgan fingerprint density at radius 3 is 2.36 bits per heavy atom. The Labute approximate surface area is 146 Å². The van der Waals surface area contributed by atoms with Gasteiger partial charge in [-0.1, -0.05) is 0 Å². The molecule has 0 aromatic heterocycles. The maximum absolute atomic E-state index is 12.7. The normalized spacial score (nSPS) is 18.3. The Bertz CT molecular complexity index is 537. The van der Waals surface area contributed by atoms with E-state index in [1.54, 1.807) is 20.8 Å². The second kappa shape index (κ2) is 8.75. The fourth-order valence-electron chi connectivity index (χ4n) is 2.34. The molecule has 1 saturated heterocycles. The Hall–Kier alpha value is -2.23. The summed E-state index contributed by atoms with van der Waals surface area (Å²) < 4.78 is 10.2. The standard InChI is InChI=1S/C15H26N4O6/c1-10(16-17-14(21)25-15(3,4)5)12(11(2)19(22)23)13(20)18-6-8-24-9-7-18/h11-12H,6-9H2,1-5H3,(H,17,21)/b16-10+. The Balaban J connectivity index is 2.90. The Morgan fingerprint density at radius 2 is 1.88 bits per heavy atom. The van der Waals surface area contributed by atoms with Gasteiger partial charge in [0.15, 0.2) is 0 Å². The van der Waals surface area contributed by atoms with E-state index in [0.717, 1.165) is 0 Å². The molecule has 1 rings (SSSR count). The summed E-state index contributed by atoms with van der Waals surface area (Å²) in [4.78, 5) is 36.6. The zero-order valence-corrected chi connectivity index (χ0v) is 15.3. The first-order valence-corrected chi connectivity index (χ1v) is 8.06. The number of nitro groups is 1. The largest absolute Gasteiger partial charge is 0.443 e. The van der Waals surface area contributed by atoms with Crippen LogP contribution in [-0.2, 0) is 14.3 Å². The van der Waals surface area contributed by atoms with Gasteiger partial charge in [-0.15, -0.1) is 0 Å². The van der Waals surface area contributed by atoms with E-state index in [-0.39, 0.29) is 5.71 Å². The number of hydrogen-bond donors (Lipinski definition) is 1. The van der Waals surface area contributed by atoms with Crippen LogP contribution in [0.3, 0.4) is 0 Å². The van der Waals surface area contributed by atoms with Crippen LogP contribution in [0.4, 0.5) is 4.79 Å². The molecule has 2 unspecified atom stereocenters. The van der Waals surface area contributed by atoms with E-state index in [4.69, 9.17) is 9.47 Å². The zero-order valence-electron chi connectivity index (χ0n) is 15.3. The van der Waals surface area contributed by atoms with Gasteiger partial charge < -0.3 is 14.4 Å². The van der Waals surface area contributed by atoms with Gasteiger partial charge in [0.25, 0.3) is 0 Å². The SMILES string of the molecule is C/C(=N\NC(=O)OC(C)(C)C)C(C(=O)N1CCOCC1)C(C)[N+](=O)[O-]. The molecule has 0 spiro atoms. The minimum absolute atomic E-state index is 0.145. The molecule has 0 saturated carbocycles. The van der Waals surface area contributed by atoms with Crippen molar-refractivity contribution in [2.75, 3.05) is 26.3 Å². The summed E-state index contributed by atoms with van der Waals surface area (Å²) in [6, 6.07) is -1.18. The number of hydrazone groups is 1. The quantitative estimate of drug-likeness (QED) is 0.445. The number of amides is 2. The highest BCUT2D eigenvalue weighted by molar-refractivity contribution is 6.03. The molecule has 25 heavy (non-hydrogen) atoms. The molecule has 142 valence electrons. The minimum Gasteiger partial charge on any atom is -0.443 e. The van der Waals surface area contributed by atoms with Crippen molar-refractivity contribution >= 4 is 17.7 Å². The van der Waals surface area contributed by atoms with Crippen LogP contribution in [0.15, 0.2) is 5.10 Å². The van der Waals surface area contributed by atoms with E-state index < -0.39 is 34.5 Å². The van der Waals surface area contributed by atoms with E-state index in [1.165, 1.54) is 18.7 Å². The van der Waals surface area contributed by atoms with Crippen molar-refractivity contribution in [2.45, 2.75) is 46.3 Å². The van der Waals surface area contributed by atoms with Crippen LogP contribution in [0.25, 0.3) is 0 Å². The lowest BCUT2D eigenvalue weighted by Crippen LogP contribution is -2.49. The first-order valence-electron chi connectivity index (χ1n) is 8.06. The van der Waals surface area contributed by atoms with Gasteiger partial charge in [0.05, 0.1) is 18.9 Å². The van der Waals surface area contributed by atoms with Gasteiger partial charge in [-0.25, -0.2) is 10.2 Å². The Kier molecular flexibility index (Phi) is 7.28. The fraction of sp³-hybridized carbons (Fsp3) is 0.800. The van der Waals surface area contributed by atoms with Crippen LogP contribution in [-0.4, -0.2) is 65.5 Å². The van der Waals surface area contributed by atoms with Crippen molar-refractivity contribution in [1.82, 2.24) is 10.3 Å². The number of ether oxygens (including phenoxy) is 2. The molecule has 0 aliphatic carbocycles. The van der Waals surface area contributed by atoms with E-state index in [1.807, 2.05) is 0 Å². The van der Waals surface area contributed by atoms with E-state index in [9.17, 15) is 19.7 Å². The molecule has 1 N–H and O–H groups in total. The van der Waals surface area contributed by atoms with Gasteiger partial charge in [-0.05, 0) is 27.7 Å². The van der Waals surface area contributed by atoms with Crippen molar-refractivity contribution in [3.05, 3.63) is 10.1 Å². The lowest BCUT2D eigenvalue weighted by Gasteiger charge is -2.30. The Morgan fingerprint density at radius 1 is 1.32 bits per heavy atom. The first kappa shape index (κ1) is 20.8. The van der Waals surface area contributed by atoms with Gasteiger partial charge in [-0.2, -0.15) is 5.10 Å².